The number of halogens is 4. The highest BCUT2D eigenvalue weighted by Gasteiger charge is 2.36. The van der Waals surface area contributed by atoms with Crippen molar-refractivity contribution in [2.45, 2.75) is 38.9 Å². The van der Waals surface area contributed by atoms with E-state index >= 15 is 0 Å². The Morgan fingerprint density at radius 2 is 1.95 bits per heavy atom. The van der Waals surface area contributed by atoms with Gasteiger partial charge in [-0.2, -0.15) is 13.2 Å². The quantitative estimate of drug-likeness (QED) is 0.801. The van der Waals surface area contributed by atoms with Gasteiger partial charge in [-0.15, -0.1) is 0 Å². The fraction of sp³-hybridized carbons (Fsp3) is 0.538. The number of hydrogen-bond acceptors (Lipinski definition) is 2. The summed E-state index contributed by atoms with van der Waals surface area (Å²) in [6.45, 7) is 2.27. The van der Waals surface area contributed by atoms with Gasteiger partial charge in [0.25, 0.3) is 5.91 Å². The first-order valence-electron chi connectivity index (χ1n) is 6.27. The molecule has 1 amide bonds. The Bertz CT molecular complexity index is 444. The Kier molecular flexibility index (Phi) is 5.98. The fourth-order valence-electron chi connectivity index (χ4n) is 1.94. The van der Waals surface area contributed by atoms with Crippen molar-refractivity contribution >= 4 is 21.8 Å². The normalized spacial score (nSPS) is 11.8. The lowest BCUT2D eigenvalue weighted by molar-refractivity contribution is -0.145. The maximum atomic E-state index is 12.7. The highest BCUT2D eigenvalue weighted by Crippen LogP contribution is 2.22. The van der Waals surface area contributed by atoms with E-state index in [4.69, 9.17) is 0 Å². The van der Waals surface area contributed by atoms with E-state index in [0.29, 0.717) is 17.3 Å². The molecule has 0 N–H and O–H groups in total. The smallest absolute Gasteiger partial charge is 0.325 e. The van der Waals surface area contributed by atoms with Crippen LogP contribution in [0.1, 0.15) is 37.2 Å². The first-order valence-corrected chi connectivity index (χ1v) is 7.07. The Hall–Kier alpha value is -1.11. The molecule has 7 heteroatoms. The van der Waals surface area contributed by atoms with Crippen molar-refractivity contribution < 1.29 is 18.0 Å². The number of carbonyl (C=O) groups excluding carboxylic acids is 1. The van der Waals surface area contributed by atoms with Gasteiger partial charge < -0.3 is 4.90 Å². The van der Waals surface area contributed by atoms with E-state index in [1.54, 1.807) is 19.9 Å². The van der Waals surface area contributed by atoms with E-state index < -0.39 is 24.7 Å². The second-order valence-electron chi connectivity index (χ2n) is 4.38. The minimum atomic E-state index is -4.42. The first kappa shape index (κ1) is 16.9. The minimum Gasteiger partial charge on any atom is -0.325 e. The molecule has 0 aliphatic carbocycles. The van der Waals surface area contributed by atoms with Crippen molar-refractivity contribution in [3.8, 4) is 0 Å². The number of amides is 1. The van der Waals surface area contributed by atoms with Crippen molar-refractivity contribution in [2.75, 3.05) is 6.54 Å². The van der Waals surface area contributed by atoms with Gasteiger partial charge in [-0.1, -0.05) is 13.8 Å². The van der Waals surface area contributed by atoms with Gasteiger partial charge in [0.2, 0.25) is 0 Å². The van der Waals surface area contributed by atoms with Crippen LogP contribution in [-0.4, -0.2) is 34.6 Å². The molecular formula is C13H16BrF3N2O. The van der Waals surface area contributed by atoms with E-state index in [0.717, 1.165) is 4.90 Å². The maximum absolute atomic E-state index is 12.7. The van der Waals surface area contributed by atoms with Crippen LogP contribution in [-0.2, 0) is 0 Å². The van der Waals surface area contributed by atoms with Crippen LogP contribution in [0, 0.1) is 0 Å². The summed E-state index contributed by atoms with van der Waals surface area (Å²) in [5.74, 6) is -0.691. The topological polar surface area (TPSA) is 33.2 Å². The van der Waals surface area contributed by atoms with Crippen LogP contribution in [0.4, 0.5) is 13.2 Å². The average Bonchev–Trinajstić information content (AvgIpc) is 2.37. The number of rotatable bonds is 5. The zero-order chi connectivity index (χ0) is 15.3. The average molecular weight is 353 g/mol. The van der Waals surface area contributed by atoms with Gasteiger partial charge in [0.05, 0.1) is 0 Å². The molecule has 0 spiro atoms. The number of aromatic nitrogens is 1. The van der Waals surface area contributed by atoms with Crippen molar-refractivity contribution in [2.24, 2.45) is 0 Å². The van der Waals surface area contributed by atoms with Crippen LogP contribution in [0.15, 0.2) is 22.8 Å². The summed E-state index contributed by atoms with van der Waals surface area (Å²) in [7, 11) is 0. The van der Waals surface area contributed by atoms with E-state index in [9.17, 15) is 18.0 Å². The molecule has 112 valence electrons. The zero-order valence-corrected chi connectivity index (χ0v) is 12.8. The predicted octanol–water partition coefficient (Wildman–Crippen LogP) is 4.04. The number of pyridine rings is 1. The van der Waals surface area contributed by atoms with E-state index in [-0.39, 0.29) is 5.69 Å². The molecular weight excluding hydrogens is 337 g/mol. The molecule has 20 heavy (non-hydrogen) atoms. The Labute approximate surface area is 124 Å². The summed E-state index contributed by atoms with van der Waals surface area (Å²) in [5.41, 5.74) is 0.0179. The molecule has 0 aromatic carbocycles. The fourth-order valence-corrected chi connectivity index (χ4v) is 2.17. The van der Waals surface area contributed by atoms with Crippen LogP contribution >= 0.6 is 15.9 Å². The summed E-state index contributed by atoms with van der Waals surface area (Å²) < 4.78 is 38.6. The molecule has 0 radical (unpaired) electrons. The van der Waals surface area contributed by atoms with Crippen molar-refractivity contribution in [1.82, 2.24) is 9.88 Å². The molecule has 1 aromatic heterocycles. The molecule has 0 unspecified atom stereocenters. The molecule has 1 rings (SSSR count). The first-order chi connectivity index (χ1) is 9.28. The predicted molar refractivity (Wildman–Crippen MR) is 73.4 cm³/mol. The van der Waals surface area contributed by atoms with E-state index in [1.165, 1.54) is 12.3 Å². The Balaban J connectivity index is 3.02. The summed E-state index contributed by atoms with van der Waals surface area (Å²) in [5, 5.41) is 0. The van der Waals surface area contributed by atoms with Crippen molar-refractivity contribution in [3.63, 3.8) is 0 Å². The van der Waals surface area contributed by atoms with Gasteiger partial charge in [-0.05, 0) is 40.9 Å². The lowest BCUT2D eigenvalue weighted by atomic mass is 10.1. The molecule has 0 aliphatic heterocycles. The van der Waals surface area contributed by atoms with Gasteiger partial charge in [0.15, 0.2) is 0 Å². The number of alkyl halides is 3. The highest BCUT2D eigenvalue weighted by atomic mass is 79.9. The van der Waals surface area contributed by atoms with Crippen molar-refractivity contribution in [3.05, 3.63) is 28.5 Å². The molecule has 1 aromatic rings. The lowest BCUT2D eigenvalue weighted by Gasteiger charge is -2.31. The van der Waals surface area contributed by atoms with Gasteiger partial charge in [0.1, 0.15) is 12.2 Å². The number of carbonyl (C=O) groups is 1. The van der Waals surface area contributed by atoms with Crippen LogP contribution in [0.2, 0.25) is 0 Å². The SMILES string of the molecule is CCC(CC)N(CC(F)(F)F)C(=O)c1ccc(Br)cn1. The third kappa shape index (κ3) is 4.77. The summed E-state index contributed by atoms with van der Waals surface area (Å²) >= 11 is 3.17. The molecule has 0 bridgehead atoms. The molecule has 0 aliphatic rings. The number of nitrogens with zero attached hydrogens (tertiary/aromatic N) is 2. The summed E-state index contributed by atoms with van der Waals surface area (Å²) in [6, 6.07) is 2.55. The monoisotopic (exact) mass is 352 g/mol. The van der Waals surface area contributed by atoms with Crippen LogP contribution in [0.25, 0.3) is 0 Å². The second kappa shape index (κ2) is 7.06. The molecule has 1 heterocycles. The van der Waals surface area contributed by atoms with Gasteiger partial charge in [0, 0.05) is 16.7 Å². The molecule has 0 saturated carbocycles. The standard InChI is InChI=1S/C13H16BrF3N2O/c1-3-10(4-2)19(8-13(15,16)17)12(20)11-6-5-9(14)7-18-11/h5-7,10H,3-4,8H2,1-2H3. The minimum absolute atomic E-state index is 0.0179. The second-order valence-corrected chi connectivity index (χ2v) is 5.30. The van der Waals surface area contributed by atoms with Gasteiger partial charge in [-0.3, -0.25) is 4.79 Å². The van der Waals surface area contributed by atoms with Gasteiger partial charge in [-0.25, -0.2) is 4.98 Å². The Morgan fingerprint density at radius 3 is 2.35 bits per heavy atom. The van der Waals surface area contributed by atoms with E-state index in [1.807, 2.05) is 0 Å². The van der Waals surface area contributed by atoms with Gasteiger partial charge >= 0.3 is 6.18 Å². The van der Waals surface area contributed by atoms with Crippen LogP contribution in [0.5, 0.6) is 0 Å². The van der Waals surface area contributed by atoms with Crippen molar-refractivity contribution in [1.29, 1.82) is 0 Å². The molecule has 0 fully saturated rings. The molecule has 0 atom stereocenters. The third-order valence-electron chi connectivity index (χ3n) is 2.94. The van der Waals surface area contributed by atoms with Crippen LogP contribution in [0.3, 0.4) is 0 Å². The third-order valence-corrected chi connectivity index (χ3v) is 3.41. The lowest BCUT2D eigenvalue weighted by Crippen LogP contribution is -2.45. The van der Waals surface area contributed by atoms with Crippen LogP contribution < -0.4 is 0 Å². The Morgan fingerprint density at radius 1 is 1.35 bits per heavy atom. The zero-order valence-electron chi connectivity index (χ0n) is 11.2. The summed E-state index contributed by atoms with van der Waals surface area (Å²) in [4.78, 5) is 17.0. The summed E-state index contributed by atoms with van der Waals surface area (Å²) in [6.07, 6.45) is -2.09. The maximum Gasteiger partial charge on any atom is 0.406 e. The molecule has 3 nitrogen and oxygen atoms in total. The molecule has 0 saturated heterocycles. The largest absolute Gasteiger partial charge is 0.406 e. The van der Waals surface area contributed by atoms with E-state index in [2.05, 4.69) is 20.9 Å². The highest BCUT2D eigenvalue weighted by molar-refractivity contribution is 9.10. The number of hydrogen-bond donors (Lipinski definition) is 0.